The number of hydrogen-bond acceptors (Lipinski definition) is 5. The molecule has 5 nitrogen and oxygen atoms in total. The maximum absolute atomic E-state index is 5.53. The van der Waals surface area contributed by atoms with Crippen molar-refractivity contribution in [2.45, 2.75) is 16.7 Å². The third-order valence-electron chi connectivity index (χ3n) is 1.60. The van der Waals surface area contributed by atoms with E-state index in [2.05, 4.69) is 19.9 Å². The molecule has 0 radical (unpaired) electrons. The molecule has 0 saturated heterocycles. The van der Waals surface area contributed by atoms with E-state index in [0.29, 0.717) is 6.54 Å². The van der Waals surface area contributed by atoms with Gasteiger partial charge in [-0.15, -0.1) is 0 Å². The van der Waals surface area contributed by atoms with E-state index in [1.54, 1.807) is 24.8 Å². The molecule has 2 aromatic heterocycles. The lowest BCUT2D eigenvalue weighted by molar-refractivity contribution is 0.882. The van der Waals surface area contributed by atoms with Gasteiger partial charge in [-0.2, -0.15) is 0 Å². The molecular formula is C8H9N5S. The monoisotopic (exact) mass is 207 g/mol. The van der Waals surface area contributed by atoms with Crippen molar-refractivity contribution in [3.63, 3.8) is 0 Å². The minimum absolute atomic E-state index is 0.386. The Kier molecular flexibility index (Phi) is 2.76. The molecule has 0 aliphatic rings. The van der Waals surface area contributed by atoms with Crippen LogP contribution in [0.25, 0.3) is 0 Å². The van der Waals surface area contributed by atoms with Crippen LogP contribution in [0.4, 0.5) is 0 Å². The Morgan fingerprint density at radius 3 is 2.79 bits per heavy atom. The van der Waals surface area contributed by atoms with E-state index in [4.69, 9.17) is 5.73 Å². The first kappa shape index (κ1) is 9.17. The van der Waals surface area contributed by atoms with Gasteiger partial charge in [0, 0.05) is 31.3 Å². The van der Waals surface area contributed by atoms with Gasteiger partial charge in [0.1, 0.15) is 5.03 Å². The summed E-state index contributed by atoms with van der Waals surface area (Å²) in [7, 11) is 0. The summed E-state index contributed by atoms with van der Waals surface area (Å²) in [5.41, 5.74) is 6.32. The molecule has 0 aromatic carbocycles. The van der Waals surface area contributed by atoms with Gasteiger partial charge in [-0.3, -0.25) is 4.98 Å². The third kappa shape index (κ3) is 1.91. The van der Waals surface area contributed by atoms with Gasteiger partial charge in [0.15, 0.2) is 5.16 Å². The van der Waals surface area contributed by atoms with Gasteiger partial charge in [0.25, 0.3) is 0 Å². The van der Waals surface area contributed by atoms with E-state index in [1.807, 2.05) is 0 Å². The normalized spacial score (nSPS) is 10.4. The Balaban J connectivity index is 2.24. The van der Waals surface area contributed by atoms with Crippen molar-refractivity contribution in [3.05, 3.63) is 30.5 Å². The molecule has 3 N–H and O–H groups in total. The maximum atomic E-state index is 5.53. The topological polar surface area (TPSA) is 80.5 Å². The van der Waals surface area contributed by atoms with Crippen molar-refractivity contribution in [1.29, 1.82) is 0 Å². The fourth-order valence-corrected chi connectivity index (χ4v) is 1.77. The van der Waals surface area contributed by atoms with Crippen molar-refractivity contribution >= 4 is 11.8 Å². The van der Waals surface area contributed by atoms with E-state index in [-0.39, 0.29) is 0 Å². The molecule has 2 heterocycles. The first-order chi connectivity index (χ1) is 6.90. The second-order valence-corrected chi connectivity index (χ2v) is 3.49. The summed E-state index contributed by atoms with van der Waals surface area (Å²) in [5, 5.41) is 1.59. The summed E-state index contributed by atoms with van der Waals surface area (Å²) >= 11 is 1.43. The van der Waals surface area contributed by atoms with E-state index in [9.17, 15) is 0 Å². The molecule has 0 bridgehead atoms. The number of nitrogens with one attached hydrogen (secondary N) is 1. The number of hydrogen-bond donors (Lipinski definition) is 2. The van der Waals surface area contributed by atoms with Crippen LogP contribution in [-0.4, -0.2) is 19.9 Å². The Morgan fingerprint density at radius 1 is 1.21 bits per heavy atom. The first-order valence-electron chi connectivity index (χ1n) is 4.07. The van der Waals surface area contributed by atoms with Crippen molar-refractivity contribution in [1.82, 2.24) is 19.9 Å². The highest BCUT2D eigenvalue weighted by atomic mass is 32.2. The Hall–Kier alpha value is -1.40. The smallest absolute Gasteiger partial charge is 0.171 e. The highest BCUT2D eigenvalue weighted by molar-refractivity contribution is 7.99. The molecule has 0 saturated carbocycles. The molecule has 0 aliphatic carbocycles. The Bertz CT molecular complexity index is 400. The zero-order valence-corrected chi connectivity index (χ0v) is 8.16. The lowest BCUT2D eigenvalue weighted by Crippen LogP contribution is -2.02. The SMILES string of the molecule is NCc1nccnc1Sc1ncc[nH]1. The lowest BCUT2D eigenvalue weighted by atomic mass is 10.5. The summed E-state index contributed by atoms with van der Waals surface area (Å²) in [6, 6.07) is 0. The highest BCUT2D eigenvalue weighted by Gasteiger charge is 2.06. The minimum Gasteiger partial charge on any atom is -0.339 e. The number of rotatable bonds is 3. The predicted octanol–water partition coefficient (Wildman–Crippen LogP) is 0.810. The maximum Gasteiger partial charge on any atom is 0.171 e. The van der Waals surface area contributed by atoms with E-state index >= 15 is 0 Å². The van der Waals surface area contributed by atoms with Crippen LogP contribution in [0.3, 0.4) is 0 Å². The molecule has 72 valence electrons. The second-order valence-electron chi connectivity index (χ2n) is 2.51. The summed E-state index contributed by atoms with van der Waals surface area (Å²) in [6.07, 6.45) is 6.74. The summed E-state index contributed by atoms with van der Waals surface area (Å²) in [6.45, 7) is 0.386. The average molecular weight is 207 g/mol. The highest BCUT2D eigenvalue weighted by Crippen LogP contribution is 2.23. The minimum atomic E-state index is 0.386. The molecule has 0 amide bonds. The Morgan fingerprint density at radius 2 is 2.07 bits per heavy atom. The van der Waals surface area contributed by atoms with Crippen molar-refractivity contribution in [2.24, 2.45) is 5.73 Å². The number of nitrogens with two attached hydrogens (primary N) is 1. The number of aromatic nitrogens is 4. The van der Waals surface area contributed by atoms with Gasteiger partial charge in [0.2, 0.25) is 0 Å². The molecule has 6 heteroatoms. The molecule has 0 fully saturated rings. The lowest BCUT2D eigenvalue weighted by Gasteiger charge is -2.01. The molecule has 0 spiro atoms. The number of aromatic amines is 1. The van der Waals surface area contributed by atoms with Crippen LogP contribution in [0, 0.1) is 0 Å². The molecule has 0 atom stereocenters. The Labute approximate surface area is 85.2 Å². The standard InChI is InChI=1S/C8H9N5S/c9-5-6-7(11-2-1-10-6)14-8-12-3-4-13-8/h1-4H,5,9H2,(H,12,13). The van der Waals surface area contributed by atoms with Crippen LogP contribution in [0.5, 0.6) is 0 Å². The van der Waals surface area contributed by atoms with Crippen LogP contribution >= 0.6 is 11.8 Å². The zero-order valence-electron chi connectivity index (χ0n) is 7.34. The quantitative estimate of drug-likeness (QED) is 0.778. The predicted molar refractivity (Wildman–Crippen MR) is 52.6 cm³/mol. The number of imidazole rings is 1. The van der Waals surface area contributed by atoms with Gasteiger partial charge in [-0.1, -0.05) is 0 Å². The third-order valence-corrected chi connectivity index (χ3v) is 2.55. The fourth-order valence-electron chi connectivity index (χ4n) is 0.978. The van der Waals surface area contributed by atoms with E-state index < -0.39 is 0 Å². The molecule has 14 heavy (non-hydrogen) atoms. The first-order valence-corrected chi connectivity index (χ1v) is 4.89. The zero-order chi connectivity index (χ0) is 9.80. The average Bonchev–Trinajstić information content (AvgIpc) is 2.71. The van der Waals surface area contributed by atoms with Gasteiger partial charge < -0.3 is 10.7 Å². The molecule has 2 aromatic rings. The number of nitrogens with zero attached hydrogens (tertiary/aromatic N) is 3. The van der Waals surface area contributed by atoms with E-state index in [1.165, 1.54) is 11.8 Å². The van der Waals surface area contributed by atoms with Crippen LogP contribution in [0.1, 0.15) is 5.69 Å². The van der Waals surface area contributed by atoms with Crippen molar-refractivity contribution < 1.29 is 0 Å². The van der Waals surface area contributed by atoms with Crippen molar-refractivity contribution in [3.8, 4) is 0 Å². The summed E-state index contributed by atoms with van der Waals surface area (Å²) in [5.74, 6) is 0. The fraction of sp³-hybridized carbons (Fsp3) is 0.125. The number of H-pyrrole nitrogens is 1. The molecular weight excluding hydrogens is 198 g/mol. The summed E-state index contributed by atoms with van der Waals surface area (Å²) < 4.78 is 0. The largest absolute Gasteiger partial charge is 0.339 e. The van der Waals surface area contributed by atoms with Crippen LogP contribution < -0.4 is 5.73 Å². The second kappa shape index (κ2) is 4.21. The van der Waals surface area contributed by atoms with Gasteiger partial charge in [-0.25, -0.2) is 9.97 Å². The van der Waals surface area contributed by atoms with Crippen LogP contribution in [-0.2, 0) is 6.54 Å². The molecule has 0 unspecified atom stereocenters. The van der Waals surface area contributed by atoms with E-state index in [0.717, 1.165) is 15.9 Å². The van der Waals surface area contributed by atoms with Crippen molar-refractivity contribution in [2.75, 3.05) is 0 Å². The summed E-state index contributed by atoms with van der Waals surface area (Å²) in [4.78, 5) is 15.4. The molecule has 2 rings (SSSR count). The van der Waals surface area contributed by atoms with Gasteiger partial charge >= 0.3 is 0 Å². The van der Waals surface area contributed by atoms with Gasteiger partial charge in [-0.05, 0) is 11.8 Å². The van der Waals surface area contributed by atoms with Gasteiger partial charge in [0.05, 0.1) is 5.69 Å². The van der Waals surface area contributed by atoms with Crippen LogP contribution in [0.2, 0.25) is 0 Å². The molecule has 0 aliphatic heterocycles. The van der Waals surface area contributed by atoms with Crippen LogP contribution in [0.15, 0.2) is 35.0 Å².